The molecule has 0 saturated carbocycles. The monoisotopic (exact) mass is 262 g/mol. The molecular weight excluding hydrogens is 240 g/mol. The summed E-state index contributed by atoms with van der Waals surface area (Å²) in [5, 5.41) is 3.06. The van der Waals surface area contributed by atoms with Gasteiger partial charge < -0.3 is 15.0 Å². The zero-order valence-electron chi connectivity index (χ0n) is 11.5. The molecule has 0 bridgehead atoms. The van der Waals surface area contributed by atoms with Crippen LogP contribution in [0, 0.1) is 0 Å². The van der Waals surface area contributed by atoms with E-state index in [9.17, 15) is 4.79 Å². The highest BCUT2D eigenvalue weighted by atomic mass is 16.5. The van der Waals surface area contributed by atoms with E-state index < -0.39 is 0 Å². The maximum atomic E-state index is 11.9. The topological polar surface area (TPSA) is 41.6 Å². The van der Waals surface area contributed by atoms with E-state index >= 15 is 0 Å². The first-order valence-electron chi connectivity index (χ1n) is 6.92. The number of benzene rings is 1. The Balaban J connectivity index is 1.91. The van der Waals surface area contributed by atoms with Crippen molar-refractivity contribution in [3.63, 3.8) is 0 Å². The fourth-order valence-corrected chi connectivity index (χ4v) is 2.25. The highest BCUT2D eigenvalue weighted by Crippen LogP contribution is 2.17. The molecule has 1 fully saturated rings. The molecule has 1 aromatic carbocycles. The minimum Gasteiger partial charge on any atom is -0.378 e. The van der Waals surface area contributed by atoms with Crippen LogP contribution in [0.3, 0.4) is 0 Å². The number of carbonyl (C=O) groups is 1. The second-order valence-corrected chi connectivity index (χ2v) is 4.78. The first-order chi connectivity index (χ1) is 9.31. The molecule has 1 saturated heterocycles. The van der Waals surface area contributed by atoms with Gasteiger partial charge in [0, 0.05) is 30.8 Å². The van der Waals surface area contributed by atoms with E-state index in [1.165, 1.54) is 5.69 Å². The van der Waals surface area contributed by atoms with Crippen LogP contribution in [0.1, 0.15) is 23.2 Å². The number of morpholine rings is 1. The van der Waals surface area contributed by atoms with Gasteiger partial charge in [-0.25, -0.2) is 0 Å². The second kappa shape index (κ2) is 7.26. The SMILES string of the molecule is CNCCCC(=O)c1ccc(N2CCOCC2)cc1. The summed E-state index contributed by atoms with van der Waals surface area (Å²) in [4.78, 5) is 14.2. The van der Waals surface area contributed by atoms with Crippen LogP contribution in [0.4, 0.5) is 5.69 Å². The third-order valence-electron chi connectivity index (χ3n) is 3.40. The standard InChI is InChI=1S/C15H22N2O2/c1-16-8-2-3-15(18)13-4-6-14(7-5-13)17-9-11-19-12-10-17/h4-7,16H,2-3,8-12H2,1H3. The fourth-order valence-electron chi connectivity index (χ4n) is 2.25. The van der Waals surface area contributed by atoms with Crippen molar-refractivity contribution in [2.45, 2.75) is 12.8 Å². The van der Waals surface area contributed by atoms with Crippen molar-refractivity contribution < 1.29 is 9.53 Å². The molecule has 104 valence electrons. The molecule has 2 rings (SSSR count). The van der Waals surface area contributed by atoms with Crippen molar-refractivity contribution >= 4 is 11.5 Å². The van der Waals surface area contributed by atoms with Crippen molar-refractivity contribution in [3.05, 3.63) is 29.8 Å². The molecule has 1 aromatic rings. The predicted octanol–water partition coefficient (Wildman–Crippen LogP) is 1.71. The lowest BCUT2D eigenvalue weighted by molar-refractivity contribution is 0.0980. The quantitative estimate of drug-likeness (QED) is 0.626. The minimum absolute atomic E-state index is 0.226. The van der Waals surface area contributed by atoms with Gasteiger partial charge in [-0.1, -0.05) is 0 Å². The number of rotatable bonds is 6. The number of nitrogens with zero attached hydrogens (tertiary/aromatic N) is 1. The molecule has 1 N–H and O–H groups in total. The molecule has 0 amide bonds. The van der Waals surface area contributed by atoms with Crippen LogP contribution in [0.15, 0.2) is 24.3 Å². The zero-order chi connectivity index (χ0) is 13.5. The smallest absolute Gasteiger partial charge is 0.162 e. The van der Waals surface area contributed by atoms with Crippen LogP contribution in [0.5, 0.6) is 0 Å². The molecule has 0 aliphatic carbocycles. The van der Waals surface area contributed by atoms with E-state index in [1.54, 1.807) is 0 Å². The molecule has 4 heteroatoms. The van der Waals surface area contributed by atoms with Crippen LogP contribution < -0.4 is 10.2 Å². The molecule has 0 radical (unpaired) electrons. The lowest BCUT2D eigenvalue weighted by Gasteiger charge is -2.28. The molecule has 4 nitrogen and oxygen atoms in total. The van der Waals surface area contributed by atoms with Gasteiger partial charge in [0.1, 0.15) is 0 Å². The van der Waals surface area contributed by atoms with Gasteiger partial charge in [0.25, 0.3) is 0 Å². The average molecular weight is 262 g/mol. The highest BCUT2D eigenvalue weighted by Gasteiger charge is 2.12. The van der Waals surface area contributed by atoms with Gasteiger partial charge in [0.2, 0.25) is 0 Å². The van der Waals surface area contributed by atoms with Crippen molar-refractivity contribution in [3.8, 4) is 0 Å². The van der Waals surface area contributed by atoms with Gasteiger partial charge in [0.15, 0.2) is 5.78 Å². The van der Waals surface area contributed by atoms with Crippen molar-refractivity contribution in [1.82, 2.24) is 5.32 Å². The number of hydrogen-bond donors (Lipinski definition) is 1. The number of carbonyl (C=O) groups excluding carboxylic acids is 1. The Kier molecular flexibility index (Phi) is 5.36. The van der Waals surface area contributed by atoms with E-state index in [-0.39, 0.29) is 5.78 Å². The number of ketones is 1. The van der Waals surface area contributed by atoms with Gasteiger partial charge in [-0.3, -0.25) is 4.79 Å². The zero-order valence-corrected chi connectivity index (χ0v) is 11.5. The summed E-state index contributed by atoms with van der Waals surface area (Å²) in [6, 6.07) is 7.95. The van der Waals surface area contributed by atoms with Crippen LogP contribution >= 0.6 is 0 Å². The summed E-state index contributed by atoms with van der Waals surface area (Å²) in [5.74, 6) is 0.226. The van der Waals surface area contributed by atoms with Gasteiger partial charge in [0.05, 0.1) is 13.2 Å². The second-order valence-electron chi connectivity index (χ2n) is 4.78. The summed E-state index contributed by atoms with van der Waals surface area (Å²) < 4.78 is 5.34. The van der Waals surface area contributed by atoms with Crippen LogP contribution in [0.25, 0.3) is 0 Å². The van der Waals surface area contributed by atoms with Crippen LogP contribution in [-0.4, -0.2) is 45.7 Å². The molecule has 1 aliphatic heterocycles. The normalized spacial score (nSPS) is 15.5. The first-order valence-corrected chi connectivity index (χ1v) is 6.92. The number of ether oxygens (including phenoxy) is 1. The Bertz CT molecular complexity index is 397. The maximum absolute atomic E-state index is 11.9. The van der Waals surface area contributed by atoms with Gasteiger partial charge in [-0.2, -0.15) is 0 Å². The largest absolute Gasteiger partial charge is 0.378 e. The van der Waals surface area contributed by atoms with Crippen molar-refractivity contribution in [2.24, 2.45) is 0 Å². The Hall–Kier alpha value is -1.39. The van der Waals surface area contributed by atoms with Gasteiger partial charge in [-0.15, -0.1) is 0 Å². The third kappa shape index (κ3) is 4.04. The van der Waals surface area contributed by atoms with E-state index in [1.807, 2.05) is 31.3 Å². The van der Waals surface area contributed by atoms with Gasteiger partial charge >= 0.3 is 0 Å². The van der Waals surface area contributed by atoms with Gasteiger partial charge in [-0.05, 0) is 44.3 Å². The lowest BCUT2D eigenvalue weighted by atomic mass is 10.1. The third-order valence-corrected chi connectivity index (χ3v) is 3.40. The van der Waals surface area contributed by atoms with E-state index in [0.717, 1.165) is 44.8 Å². The number of hydrogen-bond acceptors (Lipinski definition) is 4. The highest BCUT2D eigenvalue weighted by molar-refractivity contribution is 5.96. The molecule has 1 heterocycles. The average Bonchev–Trinajstić information content (AvgIpc) is 2.48. The summed E-state index contributed by atoms with van der Waals surface area (Å²) >= 11 is 0. The molecule has 0 aromatic heterocycles. The minimum atomic E-state index is 0.226. The Labute approximate surface area is 114 Å². The van der Waals surface area contributed by atoms with Crippen LogP contribution in [-0.2, 0) is 4.74 Å². The summed E-state index contributed by atoms with van der Waals surface area (Å²) in [7, 11) is 1.90. The maximum Gasteiger partial charge on any atom is 0.162 e. The number of Topliss-reactive ketones (excluding diaryl/α,β-unsaturated/α-hetero) is 1. The lowest BCUT2D eigenvalue weighted by Crippen LogP contribution is -2.36. The molecule has 0 unspecified atom stereocenters. The fraction of sp³-hybridized carbons (Fsp3) is 0.533. The van der Waals surface area contributed by atoms with E-state index in [4.69, 9.17) is 4.74 Å². The van der Waals surface area contributed by atoms with E-state index in [2.05, 4.69) is 10.2 Å². The summed E-state index contributed by atoms with van der Waals surface area (Å²) in [6.45, 7) is 4.30. The summed E-state index contributed by atoms with van der Waals surface area (Å²) in [5.41, 5.74) is 1.99. The Morgan fingerprint density at radius 2 is 1.95 bits per heavy atom. The molecule has 0 spiro atoms. The summed E-state index contributed by atoms with van der Waals surface area (Å²) in [6.07, 6.45) is 1.50. The number of nitrogens with one attached hydrogen (secondary N) is 1. The Morgan fingerprint density at radius 1 is 1.26 bits per heavy atom. The molecule has 19 heavy (non-hydrogen) atoms. The van der Waals surface area contributed by atoms with Crippen LogP contribution in [0.2, 0.25) is 0 Å². The van der Waals surface area contributed by atoms with Crippen molar-refractivity contribution in [2.75, 3.05) is 44.8 Å². The molecule has 1 aliphatic rings. The number of anilines is 1. The predicted molar refractivity (Wildman–Crippen MR) is 77.0 cm³/mol. The van der Waals surface area contributed by atoms with E-state index in [0.29, 0.717) is 6.42 Å². The molecule has 0 atom stereocenters. The van der Waals surface area contributed by atoms with Crippen molar-refractivity contribution in [1.29, 1.82) is 0 Å². The molecular formula is C15H22N2O2. The Morgan fingerprint density at radius 3 is 2.58 bits per heavy atom. The first kappa shape index (κ1) is 14.0.